The minimum absolute atomic E-state index is 0.169. The van der Waals surface area contributed by atoms with Gasteiger partial charge in [-0.3, -0.25) is 0 Å². The van der Waals surface area contributed by atoms with Crippen LogP contribution in [-0.4, -0.2) is 30.5 Å². The molecule has 0 radical (unpaired) electrons. The van der Waals surface area contributed by atoms with Crippen molar-refractivity contribution in [3.05, 3.63) is 16.1 Å². The SMILES string of the molecule is Cc1cnc(C(C)(C)CN(C)C)s1. The Morgan fingerprint density at radius 3 is 2.46 bits per heavy atom. The predicted molar refractivity (Wildman–Crippen MR) is 58.4 cm³/mol. The summed E-state index contributed by atoms with van der Waals surface area (Å²) in [6.07, 6.45) is 1.96. The smallest absolute Gasteiger partial charge is 0.0996 e. The molecule has 0 fully saturated rings. The summed E-state index contributed by atoms with van der Waals surface area (Å²) in [6, 6.07) is 0. The van der Waals surface area contributed by atoms with Crippen LogP contribution in [0.15, 0.2) is 6.20 Å². The van der Waals surface area contributed by atoms with Gasteiger partial charge < -0.3 is 4.90 Å². The predicted octanol–water partition coefficient (Wildman–Crippen LogP) is 2.29. The van der Waals surface area contributed by atoms with Crippen LogP contribution in [0, 0.1) is 6.92 Å². The summed E-state index contributed by atoms with van der Waals surface area (Å²) in [5.74, 6) is 0. The monoisotopic (exact) mass is 198 g/mol. The zero-order valence-electron chi connectivity index (χ0n) is 9.09. The lowest BCUT2D eigenvalue weighted by Gasteiger charge is -2.25. The van der Waals surface area contributed by atoms with Crippen LogP contribution in [0.5, 0.6) is 0 Å². The largest absolute Gasteiger partial charge is 0.308 e. The van der Waals surface area contributed by atoms with Gasteiger partial charge in [0.15, 0.2) is 0 Å². The molecule has 13 heavy (non-hydrogen) atoms. The minimum Gasteiger partial charge on any atom is -0.308 e. The van der Waals surface area contributed by atoms with Crippen molar-refractivity contribution >= 4 is 11.3 Å². The van der Waals surface area contributed by atoms with Gasteiger partial charge in [-0.25, -0.2) is 4.98 Å². The first-order chi connectivity index (χ1) is 5.92. The fourth-order valence-electron chi connectivity index (χ4n) is 1.53. The number of nitrogens with zero attached hydrogens (tertiary/aromatic N) is 2. The van der Waals surface area contributed by atoms with Gasteiger partial charge in [0.2, 0.25) is 0 Å². The molecule has 0 saturated carbocycles. The van der Waals surface area contributed by atoms with Gasteiger partial charge in [0.05, 0.1) is 5.01 Å². The van der Waals surface area contributed by atoms with Crippen molar-refractivity contribution in [2.45, 2.75) is 26.2 Å². The molecule has 0 aromatic carbocycles. The van der Waals surface area contributed by atoms with E-state index in [0.717, 1.165) is 6.54 Å². The van der Waals surface area contributed by atoms with Crippen molar-refractivity contribution in [3.63, 3.8) is 0 Å². The van der Waals surface area contributed by atoms with Gasteiger partial charge in [0.1, 0.15) is 0 Å². The molecule has 0 spiro atoms. The summed E-state index contributed by atoms with van der Waals surface area (Å²) in [6.45, 7) is 7.63. The summed E-state index contributed by atoms with van der Waals surface area (Å²) in [7, 11) is 4.20. The van der Waals surface area contributed by atoms with Crippen LogP contribution in [-0.2, 0) is 5.41 Å². The van der Waals surface area contributed by atoms with Gasteiger partial charge in [0.25, 0.3) is 0 Å². The van der Waals surface area contributed by atoms with Crippen molar-refractivity contribution in [1.82, 2.24) is 9.88 Å². The lowest BCUT2D eigenvalue weighted by Crippen LogP contribution is -2.31. The fraction of sp³-hybridized carbons (Fsp3) is 0.700. The standard InChI is InChI=1S/C10H18N2S/c1-8-6-11-9(13-8)10(2,3)7-12(4)5/h6H,7H2,1-5H3. The van der Waals surface area contributed by atoms with Crippen molar-refractivity contribution < 1.29 is 0 Å². The number of hydrogen-bond donors (Lipinski definition) is 0. The molecule has 74 valence electrons. The molecule has 2 nitrogen and oxygen atoms in total. The lowest BCUT2D eigenvalue weighted by molar-refractivity contribution is 0.315. The second kappa shape index (κ2) is 3.76. The van der Waals surface area contributed by atoms with Crippen LogP contribution in [0.1, 0.15) is 23.7 Å². The van der Waals surface area contributed by atoms with Gasteiger partial charge in [-0.2, -0.15) is 0 Å². The average molecular weight is 198 g/mol. The second-order valence-electron chi connectivity index (χ2n) is 4.40. The average Bonchev–Trinajstić information content (AvgIpc) is 2.32. The van der Waals surface area contributed by atoms with E-state index in [-0.39, 0.29) is 5.41 Å². The highest BCUT2D eigenvalue weighted by atomic mass is 32.1. The van der Waals surface area contributed by atoms with E-state index in [1.807, 2.05) is 6.20 Å². The maximum Gasteiger partial charge on any atom is 0.0996 e. The zero-order valence-corrected chi connectivity index (χ0v) is 9.90. The molecule has 1 aromatic heterocycles. The molecule has 0 unspecified atom stereocenters. The van der Waals surface area contributed by atoms with Crippen LogP contribution >= 0.6 is 11.3 Å². The van der Waals surface area contributed by atoms with E-state index >= 15 is 0 Å². The molecule has 0 aliphatic carbocycles. The van der Waals surface area contributed by atoms with Gasteiger partial charge in [-0.05, 0) is 21.0 Å². The molecule has 1 heterocycles. The van der Waals surface area contributed by atoms with E-state index in [2.05, 4.69) is 44.8 Å². The van der Waals surface area contributed by atoms with Crippen LogP contribution in [0.3, 0.4) is 0 Å². The van der Waals surface area contributed by atoms with Gasteiger partial charge >= 0.3 is 0 Å². The number of likely N-dealkylation sites (N-methyl/N-ethyl adjacent to an activating group) is 1. The lowest BCUT2D eigenvalue weighted by atomic mass is 9.94. The molecule has 0 saturated heterocycles. The Bertz CT molecular complexity index is 276. The molecule has 3 heteroatoms. The molecular weight excluding hydrogens is 180 g/mol. The highest BCUT2D eigenvalue weighted by molar-refractivity contribution is 7.11. The zero-order chi connectivity index (χ0) is 10.1. The van der Waals surface area contributed by atoms with Gasteiger partial charge in [-0.15, -0.1) is 11.3 Å². The van der Waals surface area contributed by atoms with E-state index in [9.17, 15) is 0 Å². The molecule has 1 rings (SSSR count). The normalized spacial score (nSPS) is 12.5. The van der Waals surface area contributed by atoms with Crippen molar-refractivity contribution in [3.8, 4) is 0 Å². The fourth-order valence-corrected chi connectivity index (χ4v) is 2.38. The van der Waals surface area contributed by atoms with Crippen molar-refractivity contribution in [2.24, 2.45) is 0 Å². The molecule has 1 aromatic rings. The maximum atomic E-state index is 4.43. The number of aromatic nitrogens is 1. The van der Waals surface area contributed by atoms with Crippen LogP contribution in [0.25, 0.3) is 0 Å². The first-order valence-electron chi connectivity index (χ1n) is 4.49. The highest BCUT2D eigenvalue weighted by Crippen LogP contribution is 2.27. The minimum atomic E-state index is 0.169. The first kappa shape index (κ1) is 10.7. The molecule has 0 amide bonds. The number of aryl methyl sites for hydroxylation is 1. The van der Waals surface area contributed by atoms with E-state index in [4.69, 9.17) is 0 Å². The Morgan fingerprint density at radius 1 is 1.46 bits per heavy atom. The third kappa shape index (κ3) is 2.78. The molecule has 0 bridgehead atoms. The third-order valence-corrected chi connectivity index (χ3v) is 3.19. The van der Waals surface area contributed by atoms with Crippen LogP contribution < -0.4 is 0 Å². The molecule has 0 N–H and O–H groups in total. The molecule has 0 aliphatic heterocycles. The summed E-state index contributed by atoms with van der Waals surface area (Å²) in [4.78, 5) is 7.93. The summed E-state index contributed by atoms with van der Waals surface area (Å²) in [5, 5.41) is 1.23. The topological polar surface area (TPSA) is 16.1 Å². The van der Waals surface area contributed by atoms with E-state index < -0.39 is 0 Å². The Hall–Kier alpha value is -0.410. The summed E-state index contributed by atoms with van der Waals surface area (Å²) >= 11 is 1.80. The Kier molecular flexibility index (Phi) is 3.09. The Labute approximate surface area is 84.6 Å². The van der Waals surface area contributed by atoms with Gasteiger partial charge in [-0.1, -0.05) is 13.8 Å². The number of thiazole rings is 1. The van der Waals surface area contributed by atoms with Crippen LogP contribution in [0.2, 0.25) is 0 Å². The van der Waals surface area contributed by atoms with Crippen molar-refractivity contribution in [2.75, 3.05) is 20.6 Å². The summed E-state index contributed by atoms with van der Waals surface area (Å²) < 4.78 is 0. The highest BCUT2D eigenvalue weighted by Gasteiger charge is 2.24. The Morgan fingerprint density at radius 2 is 2.08 bits per heavy atom. The Balaban J connectivity index is 2.80. The van der Waals surface area contributed by atoms with E-state index in [0.29, 0.717) is 0 Å². The number of rotatable bonds is 3. The molecule has 0 aliphatic rings. The van der Waals surface area contributed by atoms with Crippen molar-refractivity contribution in [1.29, 1.82) is 0 Å². The van der Waals surface area contributed by atoms with Crippen LogP contribution in [0.4, 0.5) is 0 Å². The molecular formula is C10H18N2S. The van der Waals surface area contributed by atoms with Gasteiger partial charge in [0, 0.05) is 23.0 Å². The first-order valence-corrected chi connectivity index (χ1v) is 5.31. The number of hydrogen-bond acceptors (Lipinski definition) is 3. The van der Waals surface area contributed by atoms with E-state index in [1.54, 1.807) is 11.3 Å². The second-order valence-corrected chi connectivity index (χ2v) is 5.63. The quantitative estimate of drug-likeness (QED) is 0.741. The van der Waals surface area contributed by atoms with E-state index in [1.165, 1.54) is 9.88 Å². The summed E-state index contributed by atoms with van der Waals surface area (Å²) in [5.41, 5.74) is 0.169. The maximum absolute atomic E-state index is 4.43. The third-order valence-electron chi connectivity index (χ3n) is 1.91. The molecule has 0 atom stereocenters.